The molecule has 0 aliphatic carbocycles. The highest BCUT2D eigenvalue weighted by Crippen LogP contribution is 2.15. The summed E-state index contributed by atoms with van der Waals surface area (Å²) >= 11 is 0. The summed E-state index contributed by atoms with van der Waals surface area (Å²) in [5.41, 5.74) is 5.05. The summed E-state index contributed by atoms with van der Waals surface area (Å²) in [7, 11) is 0. The van der Waals surface area contributed by atoms with Crippen LogP contribution >= 0.6 is 0 Å². The number of nitrogens with one attached hydrogen (secondary N) is 1. The average molecular weight is 525 g/mol. The van der Waals surface area contributed by atoms with E-state index in [1.807, 2.05) is 0 Å². The lowest BCUT2D eigenvalue weighted by molar-refractivity contribution is -0.142. The Hall–Kier alpha value is -1.59. The number of primary amides is 1. The summed E-state index contributed by atoms with van der Waals surface area (Å²) in [6.07, 6.45) is 31.0. The van der Waals surface area contributed by atoms with Crippen LogP contribution in [0.25, 0.3) is 0 Å². The number of carbonyl (C=O) groups is 3. The van der Waals surface area contributed by atoms with Crippen molar-refractivity contribution in [2.24, 2.45) is 5.73 Å². The quantitative estimate of drug-likeness (QED) is 0.0856. The first-order chi connectivity index (χ1) is 18.0. The molecule has 0 aliphatic heterocycles. The largest absolute Gasteiger partial charge is 0.480 e. The van der Waals surface area contributed by atoms with Crippen molar-refractivity contribution in [1.82, 2.24) is 5.32 Å². The van der Waals surface area contributed by atoms with Crippen molar-refractivity contribution in [2.45, 2.75) is 180 Å². The number of carbonyl (C=O) groups excluding carboxylic acids is 2. The molecule has 0 saturated heterocycles. The van der Waals surface area contributed by atoms with Crippen LogP contribution in [0.3, 0.4) is 0 Å². The van der Waals surface area contributed by atoms with Gasteiger partial charge in [0.15, 0.2) is 0 Å². The third kappa shape index (κ3) is 27.3. The first-order valence-electron chi connectivity index (χ1n) is 15.8. The van der Waals surface area contributed by atoms with Gasteiger partial charge in [0.1, 0.15) is 6.04 Å². The molecule has 0 radical (unpaired) electrons. The highest BCUT2D eigenvalue weighted by molar-refractivity contribution is 5.84. The Kier molecular flexibility index (Phi) is 26.3. The Balaban J connectivity index is 3.30. The number of unbranched alkanes of at least 4 members (excludes halogenated alkanes) is 22. The van der Waals surface area contributed by atoms with Gasteiger partial charge < -0.3 is 16.2 Å². The summed E-state index contributed by atoms with van der Waals surface area (Å²) < 4.78 is 0. The second kappa shape index (κ2) is 27.4. The molecule has 0 fully saturated rings. The van der Waals surface area contributed by atoms with E-state index < -0.39 is 17.9 Å². The topological polar surface area (TPSA) is 109 Å². The molecule has 4 N–H and O–H groups in total. The lowest BCUT2D eigenvalue weighted by Gasteiger charge is -2.13. The number of rotatable bonds is 29. The van der Waals surface area contributed by atoms with Crippen LogP contribution in [0.1, 0.15) is 174 Å². The monoisotopic (exact) mass is 524 g/mol. The zero-order valence-electron chi connectivity index (χ0n) is 24.2. The number of nitrogens with two attached hydrogens (primary N) is 1. The van der Waals surface area contributed by atoms with Crippen molar-refractivity contribution in [3.63, 3.8) is 0 Å². The Labute approximate surface area is 228 Å². The summed E-state index contributed by atoms with van der Waals surface area (Å²) in [4.78, 5) is 33.9. The molecule has 6 nitrogen and oxygen atoms in total. The minimum Gasteiger partial charge on any atom is -0.480 e. The van der Waals surface area contributed by atoms with E-state index in [1.54, 1.807) is 0 Å². The molecule has 0 heterocycles. The minimum absolute atomic E-state index is 0.0375. The number of carboxylic acids is 1. The summed E-state index contributed by atoms with van der Waals surface area (Å²) in [5.74, 6) is -1.95. The van der Waals surface area contributed by atoms with Gasteiger partial charge in [-0.3, -0.25) is 9.59 Å². The van der Waals surface area contributed by atoms with E-state index in [0.717, 1.165) is 19.3 Å². The van der Waals surface area contributed by atoms with E-state index in [-0.39, 0.29) is 18.7 Å². The molecule has 0 unspecified atom stereocenters. The minimum atomic E-state index is -1.13. The van der Waals surface area contributed by atoms with Gasteiger partial charge in [0.25, 0.3) is 0 Å². The van der Waals surface area contributed by atoms with Gasteiger partial charge in [-0.1, -0.05) is 148 Å². The number of hydrogen-bond donors (Lipinski definition) is 3. The zero-order chi connectivity index (χ0) is 27.4. The highest BCUT2D eigenvalue weighted by atomic mass is 16.4. The van der Waals surface area contributed by atoms with Gasteiger partial charge in [0.05, 0.1) is 0 Å². The van der Waals surface area contributed by atoms with Crippen LogP contribution < -0.4 is 11.1 Å². The Morgan fingerprint density at radius 3 is 1.19 bits per heavy atom. The predicted molar refractivity (Wildman–Crippen MR) is 154 cm³/mol. The smallest absolute Gasteiger partial charge is 0.326 e. The van der Waals surface area contributed by atoms with Crippen LogP contribution in [-0.4, -0.2) is 28.9 Å². The van der Waals surface area contributed by atoms with Crippen molar-refractivity contribution >= 4 is 17.8 Å². The fourth-order valence-corrected chi connectivity index (χ4v) is 4.88. The van der Waals surface area contributed by atoms with Crippen molar-refractivity contribution < 1.29 is 19.5 Å². The number of amides is 2. The molecule has 0 bridgehead atoms. The predicted octanol–water partition coefficient (Wildman–Crippen LogP) is 8.20. The number of aliphatic carboxylic acids is 1. The first-order valence-corrected chi connectivity index (χ1v) is 15.8. The van der Waals surface area contributed by atoms with Gasteiger partial charge in [-0.05, 0) is 12.8 Å². The van der Waals surface area contributed by atoms with Gasteiger partial charge in [-0.15, -0.1) is 0 Å². The third-order valence-corrected chi connectivity index (χ3v) is 7.32. The molecule has 1 atom stereocenters. The maximum Gasteiger partial charge on any atom is 0.326 e. The van der Waals surface area contributed by atoms with E-state index in [2.05, 4.69) is 12.2 Å². The Bertz CT molecular complexity index is 553. The SMILES string of the molecule is CCCCCCCCCCCCCCCCCCCCCCCCCC(=O)N[C@@H](CCC(N)=O)C(=O)O. The molecule has 0 rings (SSSR count). The van der Waals surface area contributed by atoms with E-state index in [4.69, 9.17) is 10.8 Å². The third-order valence-electron chi connectivity index (χ3n) is 7.32. The molecule has 2 amide bonds. The summed E-state index contributed by atoms with van der Waals surface area (Å²) in [6, 6.07) is -1.04. The van der Waals surface area contributed by atoms with Crippen molar-refractivity contribution in [1.29, 1.82) is 0 Å². The first kappa shape index (κ1) is 35.4. The lowest BCUT2D eigenvalue weighted by Crippen LogP contribution is -2.41. The van der Waals surface area contributed by atoms with Crippen LogP contribution in [0.15, 0.2) is 0 Å². The fraction of sp³-hybridized carbons (Fsp3) is 0.903. The normalized spacial score (nSPS) is 11.9. The van der Waals surface area contributed by atoms with Crippen LogP contribution in [0.2, 0.25) is 0 Å². The molecule has 6 heteroatoms. The van der Waals surface area contributed by atoms with Crippen molar-refractivity contribution in [3.8, 4) is 0 Å². The van der Waals surface area contributed by atoms with Crippen LogP contribution in [0, 0.1) is 0 Å². The second-order valence-corrected chi connectivity index (χ2v) is 11.0. The van der Waals surface area contributed by atoms with Crippen LogP contribution in [0.4, 0.5) is 0 Å². The maximum atomic E-state index is 11.9. The standard InChI is InChI=1S/C31H60N2O4/c1-2-3-4-5-6-7-8-9-10-11-12-13-14-15-16-17-18-19-20-21-22-23-24-25-30(35)33-28(31(36)37)26-27-29(32)34/h28H,2-27H2,1H3,(H2,32,34)(H,33,35)(H,36,37)/t28-/m0/s1. The number of carboxylic acid groups (broad SMARTS) is 1. The lowest BCUT2D eigenvalue weighted by atomic mass is 10.0. The molecule has 0 spiro atoms. The van der Waals surface area contributed by atoms with E-state index in [1.165, 1.54) is 128 Å². The molecule has 218 valence electrons. The molecule has 0 aromatic carbocycles. The molecule has 0 aromatic heterocycles. The molecular weight excluding hydrogens is 464 g/mol. The molecular formula is C31H60N2O4. The van der Waals surface area contributed by atoms with Gasteiger partial charge in [0, 0.05) is 12.8 Å². The van der Waals surface area contributed by atoms with E-state index in [0.29, 0.717) is 6.42 Å². The highest BCUT2D eigenvalue weighted by Gasteiger charge is 2.20. The van der Waals surface area contributed by atoms with Gasteiger partial charge in [0.2, 0.25) is 11.8 Å². The van der Waals surface area contributed by atoms with Crippen LogP contribution in [0.5, 0.6) is 0 Å². The van der Waals surface area contributed by atoms with Crippen molar-refractivity contribution in [2.75, 3.05) is 0 Å². The summed E-state index contributed by atoms with van der Waals surface area (Å²) in [6.45, 7) is 2.28. The Morgan fingerprint density at radius 1 is 0.568 bits per heavy atom. The fourth-order valence-electron chi connectivity index (χ4n) is 4.88. The van der Waals surface area contributed by atoms with Gasteiger partial charge in [-0.2, -0.15) is 0 Å². The molecule has 0 aliphatic rings. The van der Waals surface area contributed by atoms with E-state index in [9.17, 15) is 14.4 Å². The maximum absolute atomic E-state index is 11.9. The zero-order valence-corrected chi connectivity index (χ0v) is 24.2. The van der Waals surface area contributed by atoms with E-state index >= 15 is 0 Å². The van der Waals surface area contributed by atoms with Crippen LogP contribution in [-0.2, 0) is 14.4 Å². The average Bonchev–Trinajstić information content (AvgIpc) is 2.86. The van der Waals surface area contributed by atoms with Crippen molar-refractivity contribution in [3.05, 3.63) is 0 Å². The molecule has 0 aromatic rings. The molecule has 0 saturated carbocycles. The molecule has 37 heavy (non-hydrogen) atoms. The van der Waals surface area contributed by atoms with Gasteiger partial charge >= 0.3 is 5.97 Å². The second-order valence-electron chi connectivity index (χ2n) is 11.0. The van der Waals surface area contributed by atoms with Gasteiger partial charge in [-0.25, -0.2) is 4.79 Å². The summed E-state index contributed by atoms with van der Waals surface area (Å²) in [5, 5.41) is 11.6. The number of hydrogen-bond acceptors (Lipinski definition) is 3. The Morgan fingerprint density at radius 2 is 0.892 bits per heavy atom.